The molecule has 2 aromatic rings. The van der Waals surface area contributed by atoms with E-state index in [1.165, 1.54) is 11.3 Å². The van der Waals surface area contributed by atoms with E-state index in [0.717, 1.165) is 29.7 Å². The smallest absolute Gasteiger partial charge is 0.341 e. The summed E-state index contributed by atoms with van der Waals surface area (Å²) in [6.07, 6.45) is 2.11. The minimum absolute atomic E-state index is 0.102. The molecule has 140 valence electrons. The molecule has 0 radical (unpaired) electrons. The van der Waals surface area contributed by atoms with Gasteiger partial charge in [0.2, 0.25) is 5.91 Å². The predicted molar refractivity (Wildman–Crippen MR) is 105 cm³/mol. The van der Waals surface area contributed by atoms with Gasteiger partial charge in [-0.25, -0.2) is 4.79 Å². The molecule has 0 bridgehead atoms. The largest absolute Gasteiger partial charge is 0.494 e. The molecule has 2 rings (SSSR count). The van der Waals surface area contributed by atoms with Crippen molar-refractivity contribution in [1.82, 2.24) is 0 Å². The third-order valence-corrected chi connectivity index (χ3v) is 4.53. The average Bonchev–Trinajstić information content (AvgIpc) is 3.04. The van der Waals surface area contributed by atoms with Gasteiger partial charge in [0.05, 0.1) is 13.2 Å². The van der Waals surface area contributed by atoms with Gasteiger partial charge in [-0.05, 0) is 37.5 Å². The fraction of sp³-hybridized carbons (Fsp3) is 0.400. The first-order valence-electron chi connectivity index (χ1n) is 8.92. The second-order valence-corrected chi connectivity index (χ2v) is 6.62. The van der Waals surface area contributed by atoms with Crippen LogP contribution in [0.25, 0.3) is 11.1 Å². The maximum atomic E-state index is 12.5. The number of benzene rings is 1. The summed E-state index contributed by atoms with van der Waals surface area (Å²) in [4.78, 5) is 24.4. The van der Waals surface area contributed by atoms with Gasteiger partial charge in [-0.15, -0.1) is 11.3 Å². The molecule has 0 atom stereocenters. The molecule has 1 N–H and O–H groups in total. The van der Waals surface area contributed by atoms with Crippen molar-refractivity contribution in [3.05, 3.63) is 35.2 Å². The number of carbonyl (C=O) groups is 2. The Morgan fingerprint density at radius 2 is 1.81 bits per heavy atom. The lowest BCUT2D eigenvalue weighted by Crippen LogP contribution is -2.14. The van der Waals surface area contributed by atoms with Gasteiger partial charge in [-0.2, -0.15) is 0 Å². The second kappa shape index (κ2) is 9.97. The van der Waals surface area contributed by atoms with E-state index in [-0.39, 0.29) is 12.5 Å². The molecule has 0 fully saturated rings. The molecular weight excluding hydrogens is 350 g/mol. The maximum absolute atomic E-state index is 12.5. The Morgan fingerprint density at radius 3 is 2.42 bits per heavy atom. The molecule has 26 heavy (non-hydrogen) atoms. The topological polar surface area (TPSA) is 64.6 Å². The Labute approximate surface area is 158 Å². The van der Waals surface area contributed by atoms with E-state index in [9.17, 15) is 9.59 Å². The van der Waals surface area contributed by atoms with Crippen LogP contribution in [0.3, 0.4) is 0 Å². The van der Waals surface area contributed by atoms with Gasteiger partial charge in [0.1, 0.15) is 16.3 Å². The highest BCUT2D eigenvalue weighted by Crippen LogP contribution is 2.37. The quantitative estimate of drug-likeness (QED) is 0.618. The second-order valence-electron chi connectivity index (χ2n) is 5.74. The Morgan fingerprint density at radius 1 is 1.08 bits per heavy atom. The third kappa shape index (κ3) is 5.08. The summed E-state index contributed by atoms with van der Waals surface area (Å²) in [5.41, 5.74) is 2.04. The highest BCUT2D eigenvalue weighted by Gasteiger charge is 2.22. The molecule has 0 aliphatic rings. The standard InChI is InChI=1S/C20H25NO4S/c1-4-7-17(22)21-19-18(20(23)24-6-3)16(13-26-19)14-8-10-15(11-9-14)25-12-5-2/h8-11,13H,4-7,12H2,1-3H3,(H,21,22). The minimum atomic E-state index is -0.429. The van der Waals surface area contributed by atoms with Gasteiger partial charge >= 0.3 is 5.97 Å². The fourth-order valence-electron chi connectivity index (χ4n) is 2.44. The summed E-state index contributed by atoms with van der Waals surface area (Å²) < 4.78 is 10.8. The molecule has 0 spiro atoms. The minimum Gasteiger partial charge on any atom is -0.494 e. The van der Waals surface area contributed by atoms with Crippen LogP contribution in [-0.4, -0.2) is 25.1 Å². The van der Waals surface area contributed by atoms with Crippen LogP contribution in [-0.2, 0) is 9.53 Å². The van der Waals surface area contributed by atoms with Crippen molar-refractivity contribution < 1.29 is 19.1 Å². The van der Waals surface area contributed by atoms with Crippen molar-refractivity contribution in [2.24, 2.45) is 0 Å². The van der Waals surface area contributed by atoms with Gasteiger partial charge < -0.3 is 14.8 Å². The van der Waals surface area contributed by atoms with Crippen molar-refractivity contribution in [3.8, 4) is 16.9 Å². The van der Waals surface area contributed by atoms with Crippen molar-refractivity contribution in [2.45, 2.75) is 40.0 Å². The highest BCUT2D eigenvalue weighted by atomic mass is 32.1. The van der Waals surface area contributed by atoms with E-state index in [1.807, 2.05) is 36.6 Å². The number of hydrogen-bond donors (Lipinski definition) is 1. The van der Waals surface area contributed by atoms with Crippen LogP contribution >= 0.6 is 11.3 Å². The lowest BCUT2D eigenvalue weighted by Gasteiger charge is -2.09. The Bertz CT molecular complexity index is 737. The first-order chi connectivity index (χ1) is 12.6. The van der Waals surface area contributed by atoms with E-state index in [1.54, 1.807) is 6.92 Å². The molecule has 1 heterocycles. The predicted octanol–water partition coefficient (Wildman–Crippen LogP) is 5.12. The molecule has 1 amide bonds. The summed E-state index contributed by atoms with van der Waals surface area (Å²) in [5.74, 6) is 0.261. The van der Waals surface area contributed by atoms with Crippen LogP contribution in [0.5, 0.6) is 5.75 Å². The molecule has 1 aromatic carbocycles. The number of ether oxygens (including phenoxy) is 2. The summed E-state index contributed by atoms with van der Waals surface area (Å²) in [6.45, 7) is 6.70. The van der Waals surface area contributed by atoms with E-state index in [4.69, 9.17) is 9.47 Å². The van der Waals surface area contributed by atoms with Crippen LogP contribution in [0.15, 0.2) is 29.6 Å². The molecular formula is C20H25NO4S. The van der Waals surface area contributed by atoms with E-state index in [0.29, 0.717) is 23.6 Å². The third-order valence-electron chi connectivity index (χ3n) is 3.64. The maximum Gasteiger partial charge on any atom is 0.341 e. The van der Waals surface area contributed by atoms with Crippen LogP contribution in [0.2, 0.25) is 0 Å². The van der Waals surface area contributed by atoms with E-state index < -0.39 is 5.97 Å². The van der Waals surface area contributed by atoms with E-state index >= 15 is 0 Å². The first kappa shape index (κ1) is 20.0. The normalized spacial score (nSPS) is 10.4. The Kier molecular flexibility index (Phi) is 7.66. The lowest BCUT2D eigenvalue weighted by molar-refractivity contribution is -0.116. The molecule has 0 unspecified atom stereocenters. The molecule has 0 aliphatic carbocycles. The van der Waals surface area contributed by atoms with E-state index in [2.05, 4.69) is 12.2 Å². The Hall–Kier alpha value is -2.34. The summed E-state index contributed by atoms with van der Waals surface area (Å²) in [6, 6.07) is 7.58. The van der Waals surface area contributed by atoms with Crippen molar-refractivity contribution in [2.75, 3.05) is 18.5 Å². The van der Waals surface area contributed by atoms with Crippen LogP contribution in [0, 0.1) is 0 Å². The van der Waals surface area contributed by atoms with Crippen LogP contribution in [0.4, 0.5) is 5.00 Å². The number of nitrogens with one attached hydrogen (secondary N) is 1. The monoisotopic (exact) mass is 375 g/mol. The number of esters is 1. The molecule has 5 nitrogen and oxygen atoms in total. The van der Waals surface area contributed by atoms with Gasteiger partial charge in [0, 0.05) is 17.4 Å². The SMILES string of the molecule is CCCOc1ccc(-c2csc(NC(=O)CCC)c2C(=O)OCC)cc1. The van der Waals surface area contributed by atoms with Crippen LogP contribution < -0.4 is 10.1 Å². The highest BCUT2D eigenvalue weighted by molar-refractivity contribution is 7.15. The molecule has 6 heteroatoms. The molecule has 1 aromatic heterocycles. The van der Waals surface area contributed by atoms with Crippen molar-refractivity contribution in [1.29, 1.82) is 0 Å². The van der Waals surface area contributed by atoms with Gasteiger partial charge in [0.25, 0.3) is 0 Å². The van der Waals surface area contributed by atoms with Gasteiger partial charge in [-0.1, -0.05) is 26.0 Å². The summed E-state index contributed by atoms with van der Waals surface area (Å²) in [5, 5.41) is 5.24. The van der Waals surface area contributed by atoms with Crippen molar-refractivity contribution in [3.63, 3.8) is 0 Å². The molecule has 0 saturated heterocycles. The number of carbonyl (C=O) groups excluding carboxylic acids is 2. The number of anilines is 1. The first-order valence-corrected chi connectivity index (χ1v) is 9.80. The van der Waals surface area contributed by atoms with Crippen molar-refractivity contribution >= 4 is 28.2 Å². The van der Waals surface area contributed by atoms with Gasteiger partial charge in [0.15, 0.2) is 0 Å². The zero-order valence-electron chi connectivity index (χ0n) is 15.5. The summed E-state index contributed by atoms with van der Waals surface area (Å²) >= 11 is 1.33. The molecule has 0 aliphatic heterocycles. The number of amides is 1. The van der Waals surface area contributed by atoms with Crippen LogP contribution in [0.1, 0.15) is 50.4 Å². The zero-order valence-corrected chi connectivity index (χ0v) is 16.3. The lowest BCUT2D eigenvalue weighted by atomic mass is 10.0. The Balaban J connectivity index is 2.33. The van der Waals surface area contributed by atoms with Gasteiger partial charge in [-0.3, -0.25) is 4.79 Å². The molecule has 0 saturated carbocycles. The number of rotatable bonds is 9. The fourth-order valence-corrected chi connectivity index (χ4v) is 3.41. The zero-order chi connectivity index (χ0) is 18.9. The summed E-state index contributed by atoms with van der Waals surface area (Å²) in [7, 11) is 0. The average molecular weight is 375 g/mol. The number of hydrogen-bond acceptors (Lipinski definition) is 5. The number of thiophene rings is 1.